The molecule has 0 spiro atoms. The van der Waals surface area contributed by atoms with E-state index in [1.54, 1.807) is 0 Å². The van der Waals surface area contributed by atoms with E-state index in [-0.39, 0.29) is 38.8 Å². The molecule has 2 aliphatic rings. The maximum atomic E-state index is 13.2. The van der Waals surface area contributed by atoms with E-state index < -0.39 is 81.1 Å². The second-order valence-electron chi connectivity index (χ2n) is 9.70. The van der Waals surface area contributed by atoms with Crippen LogP contribution in [0.1, 0.15) is 54.2 Å². The molecule has 1 aromatic heterocycles. The Morgan fingerprint density at radius 1 is 0.923 bits per heavy atom. The summed E-state index contributed by atoms with van der Waals surface area (Å²) in [5.41, 5.74) is -3.03. The van der Waals surface area contributed by atoms with Crippen LogP contribution in [-0.4, -0.2) is 56.2 Å². The number of hydrogen-bond acceptors (Lipinski definition) is 6. The zero-order chi connectivity index (χ0) is 29.0. The quantitative estimate of drug-likeness (QED) is 0.444. The summed E-state index contributed by atoms with van der Waals surface area (Å²) in [6.07, 6.45) is -8.89. The van der Waals surface area contributed by atoms with Gasteiger partial charge in [0.15, 0.2) is 24.7 Å². The molecule has 1 aliphatic heterocycles. The second kappa shape index (κ2) is 10.1. The van der Waals surface area contributed by atoms with Crippen LogP contribution < -0.4 is 0 Å². The molecular weight excluding hydrogens is 574 g/mol. The average Bonchev–Trinajstić information content (AvgIpc) is 3.73. The lowest BCUT2D eigenvalue weighted by Gasteiger charge is -2.35. The first kappa shape index (κ1) is 29.3. The Kier molecular flexibility index (Phi) is 7.56. The highest BCUT2D eigenvalue weighted by molar-refractivity contribution is 7.92. The molecule has 4 rings (SSSR count). The van der Waals surface area contributed by atoms with E-state index >= 15 is 0 Å². The summed E-state index contributed by atoms with van der Waals surface area (Å²) in [5.74, 6) is -1.38. The molecule has 0 N–H and O–H groups in total. The van der Waals surface area contributed by atoms with Crippen molar-refractivity contribution in [2.45, 2.75) is 65.4 Å². The van der Waals surface area contributed by atoms with Crippen molar-refractivity contribution in [3.63, 3.8) is 0 Å². The average molecular weight is 599 g/mol. The predicted molar refractivity (Wildman–Crippen MR) is 126 cm³/mol. The van der Waals surface area contributed by atoms with Gasteiger partial charge in [-0.3, -0.25) is 4.79 Å². The van der Waals surface area contributed by atoms with Gasteiger partial charge in [-0.1, -0.05) is 6.07 Å². The minimum absolute atomic E-state index is 0.0319. The van der Waals surface area contributed by atoms with Gasteiger partial charge in [0.1, 0.15) is 5.69 Å². The summed E-state index contributed by atoms with van der Waals surface area (Å²) in [7, 11) is -8.43. The summed E-state index contributed by atoms with van der Waals surface area (Å²) < 4.78 is 131. The number of benzene rings is 1. The van der Waals surface area contributed by atoms with E-state index in [1.807, 2.05) is 0 Å². The Hall–Kier alpha value is -2.68. The number of sulfone groups is 2. The lowest BCUT2D eigenvalue weighted by atomic mass is 9.93. The molecule has 1 aromatic carbocycles. The fourth-order valence-corrected chi connectivity index (χ4v) is 8.10. The van der Waals surface area contributed by atoms with Crippen LogP contribution in [0.25, 0.3) is 0 Å². The number of hydrogen-bond donors (Lipinski definition) is 0. The van der Waals surface area contributed by atoms with E-state index in [4.69, 9.17) is 0 Å². The SMILES string of the molecule is C[C@H](C1CCN(C(=O)c2ccc(C(F)(F)F)nc2S(=O)(=O)C2CC2)CC1)S(=O)(=O)c1cccc(C(F)(F)F)c1. The molecule has 15 heteroatoms. The molecule has 1 amide bonds. The van der Waals surface area contributed by atoms with E-state index in [9.17, 15) is 48.0 Å². The number of carbonyl (C=O) groups excluding carboxylic acids is 1. The molecule has 39 heavy (non-hydrogen) atoms. The molecule has 214 valence electrons. The number of likely N-dealkylation sites (tertiary alicyclic amines) is 1. The van der Waals surface area contributed by atoms with Gasteiger partial charge in [-0.25, -0.2) is 21.8 Å². The van der Waals surface area contributed by atoms with Gasteiger partial charge < -0.3 is 4.90 Å². The van der Waals surface area contributed by atoms with Crippen LogP contribution >= 0.6 is 0 Å². The van der Waals surface area contributed by atoms with E-state index in [2.05, 4.69) is 4.98 Å². The molecule has 1 saturated heterocycles. The van der Waals surface area contributed by atoms with Crippen LogP contribution in [0.3, 0.4) is 0 Å². The van der Waals surface area contributed by atoms with Crippen molar-refractivity contribution in [2.75, 3.05) is 13.1 Å². The van der Waals surface area contributed by atoms with Gasteiger partial charge >= 0.3 is 12.4 Å². The number of nitrogens with zero attached hydrogens (tertiary/aromatic N) is 2. The Labute approximate surface area is 221 Å². The van der Waals surface area contributed by atoms with Crippen molar-refractivity contribution in [1.82, 2.24) is 9.88 Å². The number of pyridine rings is 1. The Morgan fingerprint density at radius 3 is 2.08 bits per heavy atom. The molecule has 2 fully saturated rings. The highest BCUT2D eigenvalue weighted by Crippen LogP contribution is 2.38. The molecule has 1 atom stereocenters. The van der Waals surface area contributed by atoms with E-state index in [1.165, 1.54) is 11.8 Å². The van der Waals surface area contributed by atoms with Gasteiger partial charge in [-0.2, -0.15) is 26.3 Å². The van der Waals surface area contributed by atoms with Crippen molar-refractivity contribution >= 4 is 25.6 Å². The highest BCUT2D eigenvalue weighted by atomic mass is 32.2. The number of halogens is 6. The number of alkyl halides is 6. The molecule has 1 aliphatic carbocycles. The van der Waals surface area contributed by atoms with Gasteiger partial charge in [-0.05, 0) is 68.9 Å². The predicted octanol–water partition coefficient (Wildman–Crippen LogP) is 4.77. The smallest absolute Gasteiger partial charge is 0.339 e. The standard InChI is InChI=1S/C24H24F6N2O5S2/c1-14(38(34,35)18-4-2-3-16(13-18)23(25,26)27)15-9-11-32(12-10-15)22(33)19-7-8-20(24(28,29)30)31-21(19)39(36,37)17-5-6-17/h2-4,7-8,13-15,17H,5-6,9-12H2,1H3/t14-/m1/s1. The van der Waals surface area contributed by atoms with E-state index in [0.29, 0.717) is 12.1 Å². The Bertz CT molecular complexity index is 1480. The normalized spacial score (nSPS) is 18.7. The van der Waals surface area contributed by atoms with Crippen LogP contribution in [0.15, 0.2) is 46.3 Å². The third kappa shape index (κ3) is 5.93. The number of aromatic nitrogens is 1. The molecular formula is C24H24F6N2O5S2. The minimum atomic E-state index is -4.92. The van der Waals surface area contributed by atoms with Gasteiger partial charge in [0.25, 0.3) is 5.91 Å². The summed E-state index contributed by atoms with van der Waals surface area (Å²) in [5, 5.41) is -2.92. The van der Waals surface area contributed by atoms with Crippen LogP contribution in [-0.2, 0) is 32.0 Å². The van der Waals surface area contributed by atoms with Crippen LogP contribution in [0.4, 0.5) is 26.3 Å². The highest BCUT2D eigenvalue weighted by Gasteiger charge is 2.43. The molecule has 0 unspecified atom stereocenters. The van der Waals surface area contributed by atoms with Crippen molar-refractivity contribution < 1.29 is 48.0 Å². The van der Waals surface area contributed by atoms with Crippen LogP contribution in [0.5, 0.6) is 0 Å². The lowest BCUT2D eigenvalue weighted by Crippen LogP contribution is -2.42. The van der Waals surface area contributed by atoms with Gasteiger partial charge in [0, 0.05) is 13.1 Å². The zero-order valence-corrected chi connectivity index (χ0v) is 22.1. The Morgan fingerprint density at radius 2 is 1.54 bits per heavy atom. The molecule has 7 nitrogen and oxygen atoms in total. The first-order valence-corrected chi connectivity index (χ1v) is 15.1. The molecule has 2 aromatic rings. The van der Waals surface area contributed by atoms with Gasteiger partial charge in [0.05, 0.1) is 26.5 Å². The molecule has 1 saturated carbocycles. The molecule has 0 radical (unpaired) electrons. The maximum absolute atomic E-state index is 13.2. The monoisotopic (exact) mass is 598 g/mol. The number of carbonyl (C=O) groups is 1. The summed E-state index contributed by atoms with van der Waals surface area (Å²) >= 11 is 0. The number of piperidine rings is 1. The summed E-state index contributed by atoms with van der Waals surface area (Å²) in [6, 6.07) is 4.76. The Balaban J connectivity index is 1.53. The fraction of sp³-hybridized carbons (Fsp3) is 0.500. The third-order valence-electron chi connectivity index (χ3n) is 7.08. The second-order valence-corrected chi connectivity index (χ2v) is 14.1. The topological polar surface area (TPSA) is 101 Å². The van der Waals surface area contributed by atoms with Gasteiger partial charge in [0.2, 0.25) is 0 Å². The lowest BCUT2D eigenvalue weighted by molar-refractivity contribution is -0.141. The third-order valence-corrected chi connectivity index (χ3v) is 11.6. The largest absolute Gasteiger partial charge is 0.433 e. The molecule has 2 heterocycles. The van der Waals surface area contributed by atoms with Crippen LogP contribution in [0, 0.1) is 5.92 Å². The first-order chi connectivity index (χ1) is 17.9. The summed E-state index contributed by atoms with van der Waals surface area (Å²) in [6.45, 7) is 1.31. The van der Waals surface area contributed by atoms with Crippen molar-refractivity contribution in [1.29, 1.82) is 0 Å². The minimum Gasteiger partial charge on any atom is -0.339 e. The fourth-order valence-electron chi connectivity index (χ4n) is 4.57. The zero-order valence-electron chi connectivity index (χ0n) is 20.5. The number of rotatable bonds is 6. The van der Waals surface area contributed by atoms with Gasteiger partial charge in [-0.15, -0.1) is 0 Å². The number of amides is 1. The van der Waals surface area contributed by atoms with E-state index in [0.717, 1.165) is 24.3 Å². The van der Waals surface area contributed by atoms with Crippen molar-refractivity contribution in [3.8, 4) is 0 Å². The van der Waals surface area contributed by atoms with Crippen molar-refractivity contribution in [3.05, 3.63) is 53.2 Å². The van der Waals surface area contributed by atoms with Crippen molar-refractivity contribution in [2.24, 2.45) is 5.92 Å². The maximum Gasteiger partial charge on any atom is 0.433 e. The van der Waals surface area contributed by atoms with Crippen LogP contribution in [0.2, 0.25) is 0 Å². The summed E-state index contributed by atoms with van der Waals surface area (Å²) in [4.78, 5) is 17.3. The molecule has 0 bridgehead atoms. The first-order valence-electron chi connectivity index (χ1n) is 12.0.